The summed E-state index contributed by atoms with van der Waals surface area (Å²) in [5, 5.41) is 18.4. The summed E-state index contributed by atoms with van der Waals surface area (Å²) in [6, 6.07) is 0. The second kappa shape index (κ2) is 11.2. The Kier molecular flexibility index (Phi) is 10.9. The molecule has 0 aromatic rings. The zero-order valence-electron chi connectivity index (χ0n) is 12.7. The van der Waals surface area contributed by atoms with Gasteiger partial charge in [0.05, 0.1) is 7.05 Å². The Balaban J connectivity index is 3.28. The second-order valence-corrected chi connectivity index (χ2v) is 5.80. The van der Waals surface area contributed by atoms with Gasteiger partial charge >= 0.3 is 5.97 Å². The van der Waals surface area contributed by atoms with Gasteiger partial charge in [0.2, 0.25) is 6.54 Å². The number of carbonyl (C=O) groups is 1. The molecule has 0 fully saturated rings. The summed E-state index contributed by atoms with van der Waals surface area (Å²) in [5.74, 6) is -0.947. The average molecular weight is 274 g/mol. The number of likely N-dealkylation sites (N-methyl/N-ethyl adjacent to an activating group) is 1. The van der Waals surface area contributed by atoms with Crippen LogP contribution in [0, 0.1) is 0 Å². The van der Waals surface area contributed by atoms with Gasteiger partial charge in [-0.05, 0) is 12.8 Å². The van der Waals surface area contributed by atoms with Crippen LogP contribution in [-0.4, -0.2) is 41.1 Å². The summed E-state index contributed by atoms with van der Waals surface area (Å²) in [6.45, 7) is 2.55. The minimum Gasteiger partial charge on any atom is -0.477 e. The van der Waals surface area contributed by atoms with Crippen molar-refractivity contribution in [3.05, 3.63) is 0 Å². The molecule has 0 rings (SSSR count). The van der Waals surface area contributed by atoms with Crippen LogP contribution < -0.4 is 0 Å². The predicted molar refractivity (Wildman–Crippen MR) is 77.2 cm³/mol. The molecule has 4 nitrogen and oxygen atoms in total. The van der Waals surface area contributed by atoms with Crippen molar-refractivity contribution in [1.29, 1.82) is 0 Å². The maximum Gasteiger partial charge on any atom is 0.362 e. The molecule has 0 aromatic heterocycles. The first-order chi connectivity index (χ1) is 8.98. The van der Waals surface area contributed by atoms with Crippen molar-refractivity contribution < 1.29 is 19.8 Å². The van der Waals surface area contributed by atoms with E-state index in [4.69, 9.17) is 5.11 Å². The van der Waals surface area contributed by atoms with Gasteiger partial charge in [0.1, 0.15) is 6.54 Å². The van der Waals surface area contributed by atoms with Crippen molar-refractivity contribution >= 4 is 5.97 Å². The lowest BCUT2D eigenvalue weighted by Gasteiger charge is -2.23. The van der Waals surface area contributed by atoms with E-state index in [1.807, 2.05) is 0 Å². The Morgan fingerprint density at radius 3 is 1.74 bits per heavy atom. The quantitative estimate of drug-likeness (QED) is 0.305. The minimum absolute atomic E-state index is 0.211. The Labute approximate surface area is 118 Å². The van der Waals surface area contributed by atoms with Gasteiger partial charge in [-0.3, -0.25) is 0 Å². The van der Waals surface area contributed by atoms with E-state index in [-0.39, 0.29) is 6.54 Å². The molecule has 0 spiro atoms. The first kappa shape index (κ1) is 18.4. The fourth-order valence-corrected chi connectivity index (χ4v) is 2.31. The van der Waals surface area contributed by atoms with Gasteiger partial charge in [0.25, 0.3) is 0 Å². The third kappa shape index (κ3) is 13.6. The lowest BCUT2D eigenvalue weighted by atomic mass is 10.1. The largest absolute Gasteiger partial charge is 0.477 e. The SMILES string of the molecule is CCCCCCCCCCCC[N+](C)(O)CC(=O)O. The van der Waals surface area contributed by atoms with E-state index < -0.39 is 10.6 Å². The zero-order chi connectivity index (χ0) is 14.6. The van der Waals surface area contributed by atoms with Gasteiger partial charge in [-0.25, -0.2) is 10.0 Å². The van der Waals surface area contributed by atoms with E-state index in [0.717, 1.165) is 12.8 Å². The zero-order valence-corrected chi connectivity index (χ0v) is 12.7. The number of hydrogen-bond donors (Lipinski definition) is 2. The van der Waals surface area contributed by atoms with Crippen LogP contribution in [0.4, 0.5) is 0 Å². The Bertz CT molecular complexity index is 229. The van der Waals surface area contributed by atoms with Crippen LogP contribution in [0.2, 0.25) is 0 Å². The summed E-state index contributed by atoms with van der Waals surface area (Å²) in [4.78, 5) is 10.5. The number of carboxylic acid groups (broad SMARTS) is 1. The topological polar surface area (TPSA) is 57.5 Å². The Morgan fingerprint density at radius 1 is 0.895 bits per heavy atom. The molecular weight excluding hydrogens is 242 g/mol. The summed E-state index contributed by atoms with van der Waals surface area (Å²) in [7, 11) is 1.56. The molecule has 0 amide bonds. The highest BCUT2D eigenvalue weighted by atomic mass is 16.5. The van der Waals surface area contributed by atoms with Crippen molar-refractivity contribution in [1.82, 2.24) is 0 Å². The summed E-state index contributed by atoms with van der Waals surface area (Å²) < 4.78 is -0.396. The number of hydroxylamine groups is 3. The Morgan fingerprint density at radius 2 is 1.32 bits per heavy atom. The van der Waals surface area contributed by atoms with Crippen molar-refractivity contribution in [2.45, 2.75) is 71.1 Å². The van der Waals surface area contributed by atoms with Crippen molar-refractivity contribution in [2.24, 2.45) is 0 Å². The third-order valence-corrected chi connectivity index (χ3v) is 3.47. The molecule has 0 saturated carbocycles. The standard InChI is InChI=1S/C15H31NO3/c1-3-4-5-6-7-8-9-10-11-12-13-16(2,19)14-15(17)18/h19H,3-14H2,1-2H3/p+1. The lowest BCUT2D eigenvalue weighted by molar-refractivity contribution is -1.08. The summed E-state index contributed by atoms with van der Waals surface area (Å²) in [5.41, 5.74) is 0. The van der Waals surface area contributed by atoms with Crippen LogP contribution in [0.25, 0.3) is 0 Å². The van der Waals surface area contributed by atoms with Crippen LogP contribution in [0.1, 0.15) is 71.1 Å². The molecule has 4 heteroatoms. The second-order valence-electron chi connectivity index (χ2n) is 5.80. The van der Waals surface area contributed by atoms with Gasteiger partial charge in [-0.1, -0.05) is 58.3 Å². The highest BCUT2D eigenvalue weighted by Gasteiger charge is 2.22. The molecule has 0 aliphatic rings. The Hall–Kier alpha value is -0.610. The molecule has 114 valence electrons. The normalized spacial score (nSPS) is 14.3. The number of nitrogens with zero attached hydrogens (tertiary/aromatic N) is 1. The van der Waals surface area contributed by atoms with E-state index in [2.05, 4.69) is 6.92 Å². The summed E-state index contributed by atoms with van der Waals surface area (Å²) >= 11 is 0. The molecule has 0 aliphatic carbocycles. The van der Waals surface area contributed by atoms with Gasteiger partial charge in [0, 0.05) is 0 Å². The predicted octanol–water partition coefficient (Wildman–Crippen LogP) is 3.83. The first-order valence-electron chi connectivity index (χ1n) is 7.77. The number of carboxylic acids is 1. The number of unbranched alkanes of at least 4 members (excludes halogenated alkanes) is 9. The van der Waals surface area contributed by atoms with Crippen molar-refractivity contribution in [2.75, 3.05) is 20.1 Å². The lowest BCUT2D eigenvalue weighted by Crippen LogP contribution is -2.45. The number of hydrogen-bond acceptors (Lipinski definition) is 2. The van der Waals surface area contributed by atoms with E-state index in [0.29, 0.717) is 6.54 Å². The van der Waals surface area contributed by atoms with Gasteiger partial charge < -0.3 is 5.11 Å². The molecule has 19 heavy (non-hydrogen) atoms. The van der Waals surface area contributed by atoms with Gasteiger partial charge in [-0.15, -0.1) is 0 Å². The van der Waals surface area contributed by atoms with Crippen LogP contribution in [-0.2, 0) is 4.79 Å². The van der Waals surface area contributed by atoms with Gasteiger partial charge in [0.15, 0.2) is 0 Å². The molecule has 1 unspecified atom stereocenters. The maximum absolute atomic E-state index is 10.5. The van der Waals surface area contributed by atoms with Gasteiger partial charge in [-0.2, -0.15) is 4.65 Å². The van der Waals surface area contributed by atoms with Crippen LogP contribution in [0.15, 0.2) is 0 Å². The van der Waals surface area contributed by atoms with Crippen LogP contribution in [0.5, 0.6) is 0 Å². The third-order valence-electron chi connectivity index (χ3n) is 3.47. The molecule has 2 N–H and O–H groups in total. The van der Waals surface area contributed by atoms with E-state index in [1.165, 1.54) is 51.4 Å². The first-order valence-corrected chi connectivity index (χ1v) is 7.77. The highest BCUT2D eigenvalue weighted by Crippen LogP contribution is 2.11. The van der Waals surface area contributed by atoms with Crippen molar-refractivity contribution in [3.8, 4) is 0 Å². The molecule has 0 aromatic carbocycles. The average Bonchev–Trinajstić information content (AvgIpc) is 2.30. The minimum atomic E-state index is -0.947. The molecular formula is C15H32NO3+. The smallest absolute Gasteiger partial charge is 0.362 e. The monoisotopic (exact) mass is 274 g/mol. The van der Waals surface area contributed by atoms with E-state index in [1.54, 1.807) is 7.05 Å². The van der Waals surface area contributed by atoms with Crippen LogP contribution in [0.3, 0.4) is 0 Å². The molecule has 0 aliphatic heterocycles. The number of aliphatic carboxylic acids is 1. The molecule has 0 saturated heterocycles. The number of quaternary nitrogens is 1. The van der Waals surface area contributed by atoms with E-state index >= 15 is 0 Å². The fourth-order valence-electron chi connectivity index (χ4n) is 2.31. The maximum atomic E-state index is 10.5. The van der Waals surface area contributed by atoms with Crippen molar-refractivity contribution in [3.63, 3.8) is 0 Å². The highest BCUT2D eigenvalue weighted by molar-refractivity contribution is 5.67. The van der Waals surface area contributed by atoms with Crippen LogP contribution >= 0.6 is 0 Å². The molecule has 0 heterocycles. The molecule has 1 atom stereocenters. The molecule has 0 radical (unpaired) electrons. The van der Waals surface area contributed by atoms with E-state index in [9.17, 15) is 10.0 Å². The number of rotatable bonds is 13. The fraction of sp³-hybridized carbons (Fsp3) is 0.933. The summed E-state index contributed by atoms with van der Waals surface area (Å²) in [6.07, 6.45) is 12.5. The molecule has 0 bridgehead atoms.